The highest BCUT2D eigenvalue weighted by Crippen LogP contribution is 2.25. The van der Waals surface area contributed by atoms with Crippen LogP contribution in [0.5, 0.6) is 11.6 Å². The van der Waals surface area contributed by atoms with Crippen LogP contribution in [0.4, 0.5) is 4.39 Å². The number of halogens is 2. The molecule has 0 spiro atoms. The van der Waals surface area contributed by atoms with Gasteiger partial charge in [-0.3, -0.25) is 0 Å². The molecule has 0 atom stereocenters. The van der Waals surface area contributed by atoms with Crippen LogP contribution in [0.15, 0.2) is 41.6 Å². The van der Waals surface area contributed by atoms with Crippen LogP contribution >= 0.6 is 11.6 Å². The Hall–Kier alpha value is -2.34. The summed E-state index contributed by atoms with van der Waals surface area (Å²) in [5, 5.41) is 11.3. The first-order valence-corrected chi connectivity index (χ1v) is 5.56. The molecule has 7 heteroatoms. The lowest BCUT2D eigenvalue weighted by Crippen LogP contribution is -2.14. The third-order valence-corrected chi connectivity index (χ3v) is 2.50. The summed E-state index contributed by atoms with van der Waals surface area (Å²) in [6, 6.07) is 8.69. The van der Waals surface area contributed by atoms with Crippen LogP contribution < -0.4 is 10.5 Å². The van der Waals surface area contributed by atoms with Gasteiger partial charge >= 0.3 is 0 Å². The molecule has 0 radical (unpaired) electrons. The summed E-state index contributed by atoms with van der Waals surface area (Å²) in [6.07, 6.45) is 0. The quantitative estimate of drug-likeness (QED) is 0.392. The molecule has 5 nitrogen and oxygen atoms in total. The van der Waals surface area contributed by atoms with Crippen molar-refractivity contribution in [3.63, 3.8) is 0 Å². The fraction of sp³-hybridized carbons (Fsp3) is 0. The minimum Gasteiger partial charge on any atom is -0.439 e. The summed E-state index contributed by atoms with van der Waals surface area (Å²) in [5.41, 5.74) is 5.67. The minimum atomic E-state index is -0.535. The summed E-state index contributed by atoms with van der Waals surface area (Å²) < 4.78 is 18.4. The number of benzene rings is 1. The standard InChI is InChI=1S/C12H9ClFN3O2/c13-8-6-7(4-5-9(8)14)19-11-3-1-2-10(16-11)12(15)17-18/h1-6,18H,(H2,15,17). The van der Waals surface area contributed by atoms with Crippen molar-refractivity contribution in [1.29, 1.82) is 0 Å². The average molecular weight is 282 g/mol. The first-order chi connectivity index (χ1) is 9.10. The van der Waals surface area contributed by atoms with E-state index in [0.29, 0.717) is 5.75 Å². The monoisotopic (exact) mass is 281 g/mol. The third-order valence-electron chi connectivity index (χ3n) is 2.21. The number of rotatable bonds is 3. The van der Waals surface area contributed by atoms with Gasteiger partial charge in [-0.25, -0.2) is 9.37 Å². The second kappa shape index (κ2) is 5.53. The molecule has 3 N–H and O–H groups in total. The first-order valence-electron chi connectivity index (χ1n) is 5.18. The zero-order chi connectivity index (χ0) is 13.8. The first kappa shape index (κ1) is 13.1. The van der Waals surface area contributed by atoms with Crippen LogP contribution in [0.3, 0.4) is 0 Å². The molecule has 0 saturated carbocycles. The second-order valence-electron chi connectivity index (χ2n) is 3.52. The molecular weight excluding hydrogens is 273 g/mol. The Labute approximate surface area is 113 Å². The van der Waals surface area contributed by atoms with E-state index < -0.39 is 5.82 Å². The Morgan fingerprint density at radius 3 is 2.84 bits per heavy atom. The van der Waals surface area contributed by atoms with Gasteiger partial charge in [0.1, 0.15) is 17.3 Å². The molecule has 0 fully saturated rings. The predicted octanol–water partition coefficient (Wildman–Crippen LogP) is 2.76. The summed E-state index contributed by atoms with van der Waals surface area (Å²) >= 11 is 5.64. The van der Waals surface area contributed by atoms with E-state index >= 15 is 0 Å². The average Bonchev–Trinajstić information content (AvgIpc) is 2.42. The van der Waals surface area contributed by atoms with E-state index in [2.05, 4.69) is 10.1 Å². The molecule has 2 rings (SSSR count). The summed E-state index contributed by atoms with van der Waals surface area (Å²) in [6.45, 7) is 0. The predicted molar refractivity (Wildman–Crippen MR) is 68.2 cm³/mol. The number of nitrogens with zero attached hydrogens (tertiary/aromatic N) is 2. The zero-order valence-electron chi connectivity index (χ0n) is 9.55. The Bertz CT molecular complexity index is 634. The molecule has 0 aliphatic carbocycles. The number of pyridine rings is 1. The molecule has 1 aromatic heterocycles. The Morgan fingerprint density at radius 1 is 1.37 bits per heavy atom. The highest BCUT2D eigenvalue weighted by molar-refractivity contribution is 6.30. The van der Waals surface area contributed by atoms with E-state index in [1.807, 2.05) is 0 Å². The van der Waals surface area contributed by atoms with E-state index in [1.54, 1.807) is 18.2 Å². The zero-order valence-corrected chi connectivity index (χ0v) is 10.3. The van der Waals surface area contributed by atoms with Crippen molar-refractivity contribution in [2.75, 3.05) is 0 Å². The van der Waals surface area contributed by atoms with Crippen LogP contribution in [0.2, 0.25) is 5.02 Å². The van der Waals surface area contributed by atoms with Gasteiger partial charge in [0.25, 0.3) is 0 Å². The van der Waals surface area contributed by atoms with Crippen molar-refractivity contribution in [2.45, 2.75) is 0 Å². The lowest BCUT2D eigenvalue weighted by molar-refractivity contribution is 0.318. The van der Waals surface area contributed by atoms with Crippen molar-refractivity contribution in [3.8, 4) is 11.6 Å². The van der Waals surface area contributed by atoms with Crippen molar-refractivity contribution < 1.29 is 14.3 Å². The maximum absolute atomic E-state index is 13.0. The Balaban J connectivity index is 2.26. The largest absolute Gasteiger partial charge is 0.439 e. The number of nitrogens with two attached hydrogens (primary N) is 1. The van der Waals surface area contributed by atoms with E-state index in [-0.39, 0.29) is 22.4 Å². The molecule has 0 aliphatic heterocycles. The van der Waals surface area contributed by atoms with Gasteiger partial charge in [-0.2, -0.15) is 0 Å². The van der Waals surface area contributed by atoms with Crippen molar-refractivity contribution in [1.82, 2.24) is 4.98 Å². The molecule has 2 aromatic rings. The molecule has 1 heterocycles. The smallest absolute Gasteiger partial charge is 0.219 e. The van der Waals surface area contributed by atoms with E-state index in [4.69, 9.17) is 27.3 Å². The van der Waals surface area contributed by atoms with Gasteiger partial charge in [0.05, 0.1) is 5.02 Å². The highest BCUT2D eigenvalue weighted by atomic mass is 35.5. The normalized spacial score (nSPS) is 11.4. The molecule has 0 unspecified atom stereocenters. The van der Waals surface area contributed by atoms with Crippen LogP contribution in [0.25, 0.3) is 0 Å². The molecule has 0 saturated heterocycles. The molecule has 1 aromatic carbocycles. The van der Waals surface area contributed by atoms with Gasteiger partial charge in [0.15, 0.2) is 5.84 Å². The lowest BCUT2D eigenvalue weighted by atomic mass is 10.3. The summed E-state index contributed by atoms with van der Waals surface area (Å²) in [7, 11) is 0. The number of hydrogen-bond acceptors (Lipinski definition) is 4. The van der Waals surface area contributed by atoms with Crippen molar-refractivity contribution in [3.05, 3.63) is 52.9 Å². The number of oxime groups is 1. The van der Waals surface area contributed by atoms with Gasteiger partial charge < -0.3 is 15.7 Å². The molecule has 98 valence electrons. The van der Waals surface area contributed by atoms with Gasteiger partial charge in [-0.05, 0) is 18.2 Å². The van der Waals surface area contributed by atoms with E-state index in [0.717, 1.165) is 0 Å². The van der Waals surface area contributed by atoms with Gasteiger partial charge in [-0.1, -0.05) is 22.8 Å². The fourth-order valence-corrected chi connectivity index (χ4v) is 1.50. The second-order valence-corrected chi connectivity index (χ2v) is 3.93. The number of aromatic nitrogens is 1. The topological polar surface area (TPSA) is 80.7 Å². The third kappa shape index (κ3) is 3.11. The Morgan fingerprint density at radius 2 is 2.16 bits per heavy atom. The summed E-state index contributed by atoms with van der Waals surface area (Å²) in [4.78, 5) is 4.02. The Kier molecular flexibility index (Phi) is 3.82. The van der Waals surface area contributed by atoms with Crippen molar-refractivity contribution >= 4 is 17.4 Å². The van der Waals surface area contributed by atoms with E-state index in [9.17, 15) is 4.39 Å². The lowest BCUT2D eigenvalue weighted by Gasteiger charge is -2.06. The number of amidine groups is 1. The molecule has 0 bridgehead atoms. The maximum Gasteiger partial charge on any atom is 0.219 e. The van der Waals surface area contributed by atoms with Gasteiger partial charge in [-0.15, -0.1) is 0 Å². The SMILES string of the molecule is NC(=NO)c1cccc(Oc2ccc(F)c(Cl)c2)n1. The molecule has 19 heavy (non-hydrogen) atoms. The van der Waals surface area contributed by atoms with Crippen LogP contribution in [0, 0.1) is 5.82 Å². The van der Waals surface area contributed by atoms with Crippen LogP contribution in [0.1, 0.15) is 5.69 Å². The molecular formula is C12H9ClFN3O2. The fourth-order valence-electron chi connectivity index (χ4n) is 1.33. The van der Waals surface area contributed by atoms with E-state index in [1.165, 1.54) is 18.2 Å². The van der Waals surface area contributed by atoms with Crippen LogP contribution in [-0.2, 0) is 0 Å². The maximum atomic E-state index is 13.0. The van der Waals surface area contributed by atoms with Gasteiger partial charge in [0, 0.05) is 12.1 Å². The number of hydrogen-bond donors (Lipinski definition) is 2. The highest BCUT2D eigenvalue weighted by Gasteiger charge is 2.06. The van der Waals surface area contributed by atoms with Crippen LogP contribution in [-0.4, -0.2) is 16.0 Å². The molecule has 0 amide bonds. The minimum absolute atomic E-state index is 0.0508. The molecule has 0 aliphatic rings. The summed E-state index contributed by atoms with van der Waals surface area (Å²) in [5.74, 6) is -0.127. The van der Waals surface area contributed by atoms with Gasteiger partial charge in [0.2, 0.25) is 5.88 Å². The number of ether oxygens (including phenoxy) is 1. The van der Waals surface area contributed by atoms with Crippen molar-refractivity contribution in [2.24, 2.45) is 10.9 Å².